The molecule has 0 aliphatic heterocycles. The van der Waals surface area contributed by atoms with Crippen molar-refractivity contribution >= 4 is 5.96 Å². The van der Waals surface area contributed by atoms with Crippen LogP contribution in [0.15, 0.2) is 41.7 Å². The number of halogens is 2. The zero-order chi connectivity index (χ0) is 17.4. The first-order chi connectivity index (χ1) is 11.6. The minimum absolute atomic E-state index is 0.154. The molecular formula is C16H21F2N5O. The van der Waals surface area contributed by atoms with E-state index in [9.17, 15) is 8.78 Å². The molecule has 0 fully saturated rings. The summed E-state index contributed by atoms with van der Waals surface area (Å²) in [4.78, 5) is 8.38. The summed E-state index contributed by atoms with van der Waals surface area (Å²) in [6.07, 6.45) is 2.60. The molecular weight excluding hydrogens is 316 g/mol. The number of aromatic nitrogens is 2. The third kappa shape index (κ3) is 4.94. The van der Waals surface area contributed by atoms with Gasteiger partial charge < -0.3 is 15.4 Å². The number of ether oxygens (including phenoxy) is 1. The van der Waals surface area contributed by atoms with Crippen molar-refractivity contribution in [2.45, 2.75) is 26.6 Å². The minimum atomic E-state index is -2.61. The lowest BCUT2D eigenvalue weighted by Crippen LogP contribution is -2.37. The topological polar surface area (TPSA) is 63.5 Å². The molecule has 24 heavy (non-hydrogen) atoms. The Kier molecular flexibility index (Phi) is 6.53. The number of hydrogen-bond acceptors (Lipinski definition) is 3. The summed E-state index contributed by atoms with van der Waals surface area (Å²) >= 11 is 0. The Morgan fingerprint density at radius 3 is 2.92 bits per heavy atom. The van der Waals surface area contributed by atoms with Crippen molar-refractivity contribution in [2.75, 3.05) is 13.7 Å². The van der Waals surface area contributed by atoms with Crippen molar-refractivity contribution in [2.24, 2.45) is 4.99 Å². The van der Waals surface area contributed by atoms with E-state index in [1.165, 1.54) is 12.4 Å². The summed E-state index contributed by atoms with van der Waals surface area (Å²) in [5, 5.41) is 6.08. The summed E-state index contributed by atoms with van der Waals surface area (Å²) in [6, 6.07) is 7.60. The van der Waals surface area contributed by atoms with Gasteiger partial charge in [-0.3, -0.25) is 4.57 Å². The van der Waals surface area contributed by atoms with Crippen molar-refractivity contribution < 1.29 is 13.5 Å². The summed E-state index contributed by atoms with van der Waals surface area (Å²) < 4.78 is 31.6. The molecule has 0 spiro atoms. The molecule has 8 heteroatoms. The Labute approximate surface area is 139 Å². The Morgan fingerprint density at radius 1 is 1.38 bits per heavy atom. The fourth-order valence-electron chi connectivity index (χ4n) is 2.10. The Hall–Kier alpha value is -2.64. The van der Waals surface area contributed by atoms with Gasteiger partial charge in [0.15, 0.2) is 5.96 Å². The number of guanidine groups is 1. The Bertz CT molecular complexity index is 672. The van der Waals surface area contributed by atoms with Gasteiger partial charge in [0.2, 0.25) is 0 Å². The van der Waals surface area contributed by atoms with Gasteiger partial charge in [0, 0.05) is 18.9 Å². The zero-order valence-corrected chi connectivity index (χ0v) is 13.7. The number of alkyl halides is 2. The smallest absolute Gasteiger partial charge is 0.319 e. The number of benzene rings is 1. The number of hydrogen-bond donors (Lipinski definition) is 2. The summed E-state index contributed by atoms with van der Waals surface area (Å²) in [7, 11) is 1.61. The van der Waals surface area contributed by atoms with Crippen LogP contribution in [0.2, 0.25) is 0 Å². The summed E-state index contributed by atoms with van der Waals surface area (Å²) in [5.74, 6) is 1.54. The largest absolute Gasteiger partial charge is 0.497 e. The van der Waals surface area contributed by atoms with E-state index >= 15 is 0 Å². The molecule has 2 N–H and O–H groups in total. The number of nitrogens with one attached hydrogen (secondary N) is 2. The highest BCUT2D eigenvalue weighted by atomic mass is 19.3. The fourth-order valence-corrected chi connectivity index (χ4v) is 2.10. The van der Waals surface area contributed by atoms with Gasteiger partial charge in [-0.15, -0.1) is 0 Å². The molecule has 0 saturated heterocycles. The van der Waals surface area contributed by atoms with Gasteiger partial charge in [-0.25, -0.2) is 9.98 Å². The molecule has 0 saturated carbocycles. The van der Waals surface area contributed by atoms with E-state index in [4.69, 9.17) is 4.74 Å². The predicted molar refractivity (Wildman–Crippen MR) is 88.1 cm³/mol. The lowest BCUT2D eigenvalue weighted by molar-refractivity contribution is 0.0668. The van der Waals surface area contributed by atoms with Crippen LogP contribution in [-0.4, -0.2) is 29.2 Å². The summed E-state index contributed by atoms with van der Waals surface area (Å²) in [6.45, 7) is 0.577. The zero-order valence-electron chi connectivity index (χ0n) is 13.7. The Morgan fingerprint density at radius 2 is 2.21 bits per heavy atom. The van der Waals surface area contributed by atoms with E-state index < -0.39 is 6.55 Å². The van der Waals surface area contributed by atoms with Crippen LogP contribution in [0.1, 0.15) is 24.9 Å². The first-order valence-corrected chi connectivity index (χ1v) is 7.59. The number of nitrogens with zero attached hydrogens (tertiary/aromatic N) is 3. The first-order valence-electron chi connectivity index (χ1n) is 7.59. The number of rotatable bonds is 7. The van der Waals surface area contributed by atoms with Crippen LogP contribution >= 0.6 is 0 Å². The summed E-state index contributed by atoms with van der Waals surface area (Å²) in [5.41, 5.74) is 0.987. The van der Waals surface area contributed by atoms with E-state index in [2.05, 4.69) is 20.6 Å². The van der Waals surface area contributed by atoms with Gasteiger partial charge in [0.25, 0.3) is 0 Å². The molecule has 2 rings (SSSR count). The molecule has 0 bridgehead atoms. The average molecular weight is 337 g/mol. The predicted octanol–water partition coefficient (Wildman–Crippen LogP) is 2.54. The Balaban J connectivity index is 2.01. The molecule has 1 aromatic carbocycles. The highest BCUT2D eigenvalue weighted by molar-refractivity contribution is 5.79. The molecule has 0 aliphatic carbocycles. The molecule has 0 aliphatic rings. The standard InChI is InChI=1S/C16H21F2N5O/c1-3-19-16(21-10-12-5-4-6-13(9-12)24-2)22-11-14-20-7-8-23(14)15(17)18/h4-9,15H,3,10-11H2,1-2H3,(H2,19,21,22). The molecule has 1 heterocycles. The number of methoxy groups -OCH3 is 1. The molecule has 130 valence electrons. The van der Waals surface area contributed by atoms with Gasteiger partial charge in [-0.05, 0) is 24.6 Å². The van der Waals surface area contributed by atoms with Gasteiger partial charge in [0.05, 0.1) is 20.2 Å². The van der Waals surface area contributed by atoms with Crippen LogP contribution in [0.4, 0.5) is 8.78 Å². The van der Waals surface area contributed by atoms with Crippen molar-refractivity contribution in [3.63, 3.8) is 0 Å². The van der Waals surface area contributed by atoms with E-state index in [0.29, 0.717) is 19.0 Å². The second kappa shape index (κ2) is 8.85. The van der Waals surface area contributed by atoms with Crippen LogP contribution in [0.5, 0.6) is 5.75 Å². The highest BCUT2D eigenvalue weighted by Gasteiger charge is 2.11. The van der Waals surface area contributed by atoms with Crippen LogP contribution < -0.4 is 15.4 Å². The van der Waals surface area contributed by atoms with Gasteiger partial charge >= 0.3 is 6.55 Å². The quantitative estimate of drug-likeness (QED) is 0.602. The van der Waals surface area contributed by atoms with Crippen LogP contribution in [0, 0.1) is 0 Å². The maximum atomic E-state index is 12.8. The lowest BCUT2D eigenvalue weighted by Gasteiger charge is -2.12. The first kappa shape index (κ1) is 17.7. The van der Waals surface area contributed by atoms with E-state index in [1.54, 1.807) is 7.11 Å². The van der Waals surface area contributed by atoms with E-state index in [0.717, 1.165) is 15.9 Å². The lowest BCUT2D eigenvalue weighted by atomic mass is 10.2. The third-order valence-electron chi connectivity index (χ3n) is 3.27. The van der Waals surface area contributed by atoms with Crippen LogP contribution in [-0.2, 0) is 13.1 Å². The second-order valence-electron chi connectivity index (χ2n) is 4.93. The molecule has 0 atom stereocenters. The normalized spacial score (nSPS) is 11.6. The number of imidazole rings is 1. The molecule has 1 aromatic heterocycles. The van der Waals surface area contributed by atoms with E-state index in [1.807, 2.05) is 31.2 Å². The maximum absolute atomic E-state index is 12.8. The second-order valence-corrected chi connectivity index (χ2v) is 4.93. The minimum Gasteiger partial charge on any atom is -0.497 e. The maximum Gasteiger partial charge on any atom is 0.319 e. The molecule has 0 unspecified atom stereocenters. The van der Waals surface area contributed by atoms with Gasteiger partial charge in [-0.2, -0.15) is 8.78 Å². The van der Waals surface area contributed by atoms with Gasteiger partial charge in [0.1, 0.15) is 11.6 Å². The highest BCUT2D eigenvalue weighted by Crippen LogP contribution is 2.13. The SMILES string of the molecule is CCNC(=NCc1cccc(OC)c1)NCc1nccn1C(F)F. The molecule has 0 amide bonds. The van der Waals surface area contributed by atoms with E-state index in [-0.39, 0.29) is 12.4 Å². The molecule has 6 nitrogen and oxygen atoms in total. The monoisotopic (exact) mass is 337 g/mol. The number of aliphatic imine (C=N–C) groups is 1. The fraction of sp³-hybridized carbons (Fsp3) is 0.375. The average Bonchev–Trinajstić information content (AvgIpc) is 3.06. The third-order valence-corrected chi connectivity index (χ3v) is 3.27. The van der Waals surface area contributed by atoms with Crippen molar-refractivity contribution in [1.29, 1.82) is 0 Å². The van der Waals surface area contributed by atoms with Crippen LogP contribution in [0.25, 0.3) is 0 Å². The van der Waals surface area contributed by atoms with Crippen LogP contribution in [0.3, 0.4) is 0 Å². The van der Waals surface area contributed by atoms with Gasteiger partial charge in [-0.1, -0.05) is 12.1 Å². The molecule has 0 radical (unpaired) electrons. The van der Waals surface area contributed by atoms with Crippen molar-refractivity contribution in [3.05, 3.63) is 48.0 Å². The van der Waals surface area contributed by atoms with Crippen molar-refractivity contribution in [3.8, 4) is 5.75 Å². The molecule has 2 aromatic rings. The van der Waals surface area contributed by atoms with Crippen molar-refractivity contribution in [1.82, 2.24) is 20.2 Å².